The number of fused-ring (bicyclic) bond motifs is 3. The van der Waals surface area contributed by atoms with Crippen LogP contribution in [0.5, 0.6) is 0 Å². The second-order valence-corrected chi connectivity index (χ2v) is 8.61. The summed E-state index contributed by atoms with van der Waals surface area (Å²) in [6.07, 6.45) is 0.278. The minimum absolute atomic E-state index is 0.157. The highest BCUT2D eigenvalue weighted by Gasteiger charge is 2.34. The van der Waals surface area contributed by atoms with Gasteiger partial charge in [0, 0.05) is 60.9 Å². The van der Waals surface area contributed by atoms with Gasteiger partial charge in [-0.05, 0) is 43.7 Å². The van der Waals surface area contributed by atoms with Gasteiger partial charge in [-0.1, -0.05) is 0 Å². The molecule has 0 aliphatic heterocycles. The standard InChI is InChI=1S/C26H24F4N6O2/c1-3-32-19-10-16(27)9-17-22-24(36-6-5-20(35-36)26(28,29)30)18(13-33-25(22)34-23(17)19)15-7-14(11-31-12-15)8-21(37)38-4-2/h5-7,9-13,21,32,37H,3-4,8H2,1-2H3,(H,33,34). The van der Waals surface area contributed by atoms with E-state index in [1.165, 1.54) is 30.7 Å². The van der Waals surface area contributed by atoms with Crippen molar-refractivity contribution in [1.29, 1.82) is 0 Å². The number of halogens is 4. The average Bonchev–Trinajstić information content (AvgIpc) is 3.50. The van der Waals surface area contributed by atoms with Crippen molar-refractivity contribution in [1.82, 2.24) is 24.7 Å². The van der Waals surface area contributed by atoms with E-state index in [2.05, 4.69) is 25.4 Å². The Kier molecular flexibility index (Phi) is 6.76. The number of H-pyrrole nitrogens is 1. The molecule has 0 bridgehead atoms. The Morgan fingerprint density at radius 1 is 1.16 bits per heavy atom. The zero-order chi connectivity index (χ0) is 27.0. The van der Waals surface area contributed by atoms with Crippen LogP contribution in [0.2, 0.25) is 0 Å². The van der Waals surface area contributed by atoms with Crippen molar-refractivity contribution in [3.8, 4) is 16.8 Å². The molecular weight excluding hydrogens is 504 g/mol. The third-order valence-electron chi connectivity index (χ3n) is 6.02. The normalized spacial score (nSPS) is 12.9. The van der Waals surface area contributed by atoms with Gasteiger partial charge < -0.3 is 20.1 Å². The van der Waals surface area contributed by atoms with E-state index in [0.717, 1.165) is 10.7 Å². The van der Waals surface area contributed by atoms with E-state index >= 15 is 0 Å². The smallest absolute Gasteiger partial charge is 0.384 e. The Labute approximate surface area is 214 Å². The third kappa shape index (κ3) is 4.79. The zero-order valence-corrected chi connectivity index (χ0v) is 20.5. The van der Waals surface area contributed by atoms with Crippen molar-refractivity contribution < 1.29 is 27.4 Å². The molecule has 198 valence electrons. The number of alkyl halides is 3. The highest BCUT2D eigenvalue weighted by Crippen LogP contribution is 2.39. The van der Waals surface area contributed by atoms with Gasteiger partial charge in [-0.3, -0.25) is 4.98 Å². The summed E-state index contributed by atoms with van der Waals surface area (Å²) < 4.78 is 61.4. The van der Waals surface area contributed by atoms with Crippen molar-refractivity contribution in [3.63, 3.8) is 0 Å². The predicted molar refractivity (Wildman–Crippen MR) is 134 cm³/mol. The summed E-state index contributed by atoms with van der Waals surface area (Å²) in [6.45, 7) is 4.48. The largest absolute Gasteiger partial charge is 0.435 e. The summed E-state index contributed by atoms with van der Waals surface area (Å²) in [6, 6.07) is 5.28. The van der Waals surface area contributed by atoms with Crippen molar-refractivity contribution in [2.24, 2.45) is 0 Å². The van der Waals surface area contributed by atoms with Crippen LogP contribution >= 0.6 is 0 Å². The van der Waals surface area contributed by atoms with Crippen molar-refractivity contribution in [3.05, 3.63) is 66.1 Å². The Morgan fingerprint density at radius 3 is 2.68 bits per heavy atom. The Morgan fingerprint density at radius 2 is 1.97 bits per heavy atom. The molecule has 4 aromatic heterocycles. The van der Waals surface area contributed by atoms with Crippen LogP contribution in [0.3, 0.4) is 0 Å². The van der Waals surface area contributed by atoms with E-state index in [9.17, 15) is 22.7 Å². The molecule has 1 aromatic carbocycles. The van der Waals surface area contributed by atoms with E-state index < -0.39 is 24.0 Å². The number of nitrogens with zero attached hydrogens (tertiary/aromatic N) is 4. The Balaban J connectivity index is 1.79. The molecule has 0 amide bonds. The first-order valence-corrected chi connectivity index (χ1v) is 11.9. The Hall–Kier alpha value is -4.03. The van der Waals surface area contributed by atoms with Gasteiger partial charge in [0.15, 0.2) is 12.0 Å². The summed E-state index contributed by atoms with van der Waals surface area (Å²) in [5.41, 5.74) is 2.20. The predicted octanol–water partition coefficient (Wildman–Crippen LogP) is 5.45. The van der Waals surface area contributed by atoms with Gasteiger partial charge in [-0.2, -0.15) is 18.3 Å². The van der Waals surface area contributed by atoms with Crippen LogP contribution in [-0.2, 0) is 17.3 Å². The first-order chi connectivity index (χ1) is 18.2. The lowest BCUT2D eigenvalue weighted by atomic mass is 10.0. The lowest BCUT2D eigenvalue weighted by Gasteiger charge is -2.14. The molecule has 1 unspecified atom stereocenters. The summed E-state index contributed by atoms with van der Waals surface area (Å²) in [7, 11) is 0. The van der Waals surface area contributed by atoms with Crippen LogP contribution in [0.4, 0.5) is 23.2 Å². The van der Waals surface area contributed by atoms with Gasteiger partial charge in [0.2, 0.25) is 0 Å². The molecule has 1 atom stereocenters. The summed E-state index contributed by atoms with van der Waals surface area (Å²) in [5.74, 6) is -0.518. The van der Waals surface area contributed by atoms with Crippen LogP contribution in [0.1, 0.15) is 25.1 Å². The van der Waals surface area contributed by atoms with Crippen LogP contribution in [0.25, 0.3) is 38.8 Å². The highest BCUT2D eigenvalue weighted by molar-refractivity contribution is 6.15. The summed E-state index contributed by atoms with van der Waals surface area (Å²) in [5, 5.41) is 17.8. The van der Waals surface area contributed by atoms with Crippen molar-refractivity contribution in [2.75, 3.05) is 18.5 Å². The quantitative estimate of drug-likeness (QED) is 0.183. The first-order valence-electron chi connectivity index (χ1n) is 11.9. The molecule has 0 spiro atoms. The minimum Gasteiger partial charge on any atom is -0.384 e. The summed E-state index contributed by atoms with van der Waals surface area (Å²) >= 11 is 0. The molecule has 0 aliphatic carbocycles. The Bertz CT molecular complexity index is 1610. The van der Waals surface area contributed by atoms with Crippen LogP contribution in [0, 0.1) is 5.82 Å². The monoisotopic (exact) mass is 528 g/mol. The summed E-state index contributed by atoms with van der Waals surface area (Å²) in [4.78, 5) is 11.9. The molecule has 0 fully saturated rings. The number of aromatic amines is 1. The number of rotatable bonds is 8. The number of aliphatic hydroxyl groups is 1. The van der Waals surface area contributed by atoms with Gasteiger partial charge in [0.05, 0.1) is 22.3 Å². The molecule has 0 saturated carbocycles. The maximum absolute atomic E-state index is 14.7. The van der Waals surface area contributed by atoms with Crippen LogP contribution < -0.4 is 5.32 Å². The van der Waals surface area contributed by atoms with Crippen LogP contribution in [-0.4, -0.2) is 49.3 Å². The fraction of sp³-hybridized carbons (Fsp3) is 0.269. The molecule has 12 heteroatoms. The zero-order valence-electron chi connectivity index (χ0n) is 20.5. The molecule has 5 aromatic rings. The first kappa shape index (κ1) is 25.6. The molecule has 0 radical (unpaired) electrons. The molecule has 5 rings (SSSR count). The maximum Gasteiger partial charge on any atom is 0.435 e. The van der Waals surface area contributed by atoms with E-state index in [1.54, 1.807) is 19.2 Å². The van der Waals surface area contributed by atoms with E-state index in [4.69, 9.17) is 4.74 Å². The number of nitrogens with one attached hydrogen (secondary N) is 2. The SMILES string of the molecule is CCNc1cc(F)cc2c1[nH]c1ncc(-c3cncc(CC(O)OCC)c3)c(-n3ccc(C(F)(F)F)n3)c12. The third-order valence-corrected chi connectivity index (χ3v) is 6.02. The number of benzene rings is 1. The molecule has 3 N–H and O–H groups in total. The van der Waals surface area contributed by atoms with Crippen LogP contribution in [0.15, 0.2) is 49.1 Å². The molecular formula is C26H24F4N6O2. The number of ether oxygens (including phenoxy) is 1. The fourth-order valence-electron chi connectivity index (χ4n) is 4.49. The number of hydrogen-bond acceptors (Lipinski definition) is 6. The van der Waals surface area contributed by atoms with Gasteiger partial charge in [-0.25, -0.2) is 14.1 Å². The minimum atomic E-state index is -4.65. The number of anilines is 1. The average molecular weight is 529 g/mol. The van der Waals surface area contributed by atoms with Gasteiger partial charge in [0.1, 0.15) is 11.5 Å². The highest BCUT2D eigenvalue weighted by atomic mass is 19.4. The second kappa shape index (κ2) is 10.0. The van der Waals surface area contributed by atoms with Crippen molar-refractivity contribution in [2.45, 2.75) is 32.7 Å². The van der Waals surface area contributed by atoms with Crippen molar-refractivity contribution >= 4 is 27.6 Å². The lowest BCUT2D eigenvalue weighted by Crippen LogP contribution is -2.15. The fourth-order valence-corrected chi connectivity index (χ4v) is 4.49. The maximum atomic E-state index is 14.7. The number of hydrogen-bond donors (Lipinski definition) is 3. The number of aromatic nitrogens is 5. The van der Waals surface area contributed by atoms with E-state index in [0.29, 0.717) is 57.5 Å². The molecule has 0 aliphatic rings. The topological polar surface area (TPSA) is 101 Å². The van der Waals surface area contributed by atoms with E-state index in [-0.39, 0.29) is 12.1 Å². The van der Waals surface area contributed by atoms with Gasteiger partial charge in [0.25, 0.3) is 0 Å². The molecule has 8 nitrogen and oxygen atoms in total. The molecule has 4 heterocycles. The second-order valence-electron chi connectivity index (χ2n) is 8.61. The number of pyridine rings is 2. The lowest BCUT2D eigenvalue weighted by molar-refractivity contribution is -0.141. The number of aliphatic hydroxyl groups excluding tert-OH is 1. The van der Waals surface area contributed by atoms with E-state index in [1.807, 2.05) is 6.92 Å². The molecule has 0 saturated heterocycles. The van der Waals surface area contributed by atoms with Gasteiger partial charge in [-0.15, -0.1) is 0 Å². The molecule has 38 heavy (non-hydrogen) atoms. The van der Waals surface area contributed by atoms with Gasteiger partial charge >= 0.3 is 6.18 Å².